The molecule has 4 heteroatoms. The van der Waals surface area contributed by atoms with Gasteiger partial charge in [0.25, 0.3) is 0 Å². The highest BCUT2D eigenvalue weighted by atomic mass is 16.5. The Bertz CT molecular complexity index is 849. The van der Waals surface area contributed by atoms with E-state index in [4.69, 9.17) is 9.72 Å². The first-order valence-electron chi connectivity index (χ1n) is 11.6. The predicted molar refractivity (Wildman–Crippen MR) is 113 cm³/mol. The predicted octanol–water partition coefficient (Wildman–Crippen LogP) is 5.23. The molecular weight excluding hydrogens is 360 g/mol. The number of fused-ring (bicyclic) bond motifs is 5. The molecule has 0 amide bonds. The van der Waals surface area contributed by atoms with Crippen molar-refractivity contribution in [2.24, 2.45) is 34.5 Å². The third-order valence-electron chi connectivity index (χ3n) is 9.29. The molecule has 1 aromatic rings. The van der Waals surface area contributed by atoms with E-state index in [0.29, 0.717) is 24.9 Å². The maximum absolute atomic E-state index is 12.1. The zero-order valence-electron chi connectivity index (χ0n) is 18.1. The lowest BCUT2D eigenvalue weighted by Gasteiger charge is -2.58. The fraction of sp³-hybridized carbons (Fsp3) is 0.720. The summed E-state index contributed by atoms with van der Waals surface area (Å²) >= 11 is 0. The second kappa shape index (κ2) is 6.92. The zero-order valence-corrected chi connectivity index (χ0v) is 18.1. The lowest BCUT2D eigenvalue weighted by molar-refractivity contribution is -0.143. The number of nitrogens with zero attached hydrogens (tertiary/aromatic N) is 2. The Kier molecular flexibility index (Phi) is 4.60. The highest BCUT2D eigenvalue weighted by Crippen LogP contribution is 2.66. The molecule has 1 aromatic heterocycles. The molecule has 0 radical (unpaired) electrons. The molecule has 1 aliphatic heterocycles. The molecular formula is C25H34N2O2. The number of carbonyl (C=O) groups excluding carboxylic acids is 1. The van der Waals surface area contributed by atoms with E-state index < -0.39 is 0 Å². The van der Waals surface area contributed by atoms with Crippen LogP contribution in [0.2, 0.25) is 0 Å². The van der Waals surface area contributed by atoms with Crippen molar-refractivity contribution >= 4 is 11.5 Å². The fourth-order valence-corrected chi connectivity index (χ4v) is 7.58. The summed E-state index contributed by atoms with van der Waals surface area (Å²) in [5, 5.41) is 0. The first-order valence-corrected chi connectivity index (χ1v) is 11.6. The van der Waals surface area contributed by atoms with Crippen LogP contribution in [0.4, 0.5) is 0 Å². The normalized spacial score (nSPS) is 41.5. The highest BCUT2D eigenvalue weighted by Gasteiger charge is 2.58. The summed E-state index contributed by atoms with van der Waals surface area (Å²) < 4.78 is 5.48. The lowest BCUT2D eigenvalue weighted by Crippen LogP contribution is -2.51. The van der Waals surface area contributed by atoms with E-state index in [1.54, 1.807) is 0 Å². The van der Waals surface area contributed by atoms with Crippen molar-refractivity contribution in [3.05, 3.63) is 29.9 Å². The average Bonchev–Trinajstić information content (AvgIpc) is 2.99. The van der Waals surface area contributed by atoms with Gasteiger partial charge in [0, 0.05) is 12.6 Å². The number of hydrogen-bond acceptors (Lipinski definition) is 4. The number of cyclic esters (lactones) is 1. The van der Waals surface area contributed by atoms with Crippen LogP contribution in [0.15, 0.2) is 18.5 Å². The molecule has 4 aliphatic rings. The summed E-state index contributed by atoms with van der Waals surface area (Å²) in [5.41, 5.74) is 4.08. The Hall–Kier alpha value is -1.71. The summed E-state index contributed by atoms with van der Waals surface area (Å²) in [7, 11) is 0. The van der Waals surface area contributed by atoms with E-state index in [1.165, 1.54) is 37.7 Å². The third-order valence-corrected chi connectivity index (χ3v) is 9.29. The van der Waals surface area contributed by atoms with Gasteiger partial charge in [0.1, 0.15) is 0 Å². The molecule has 4 nitrogen and oxygen atoms in total. The Labute approximate surface area is 174 Å². The second-order valence-electron chi connectivity index (χ2n) is 10.4. The van der Waals surface area contributed by atoms with Crippen LogP contribution in [0.5, 0.6) is 0 Å². The van der Waals surface area contributed by atoms with Crippen LogP contribution in [-0.4, -0.2) is 22.5 Å². The van der Waals surface area contributed by atoms with E-state index in [9.17, 15) is 4.79 Å². The Morgan fingerprint density at radius 1 is 1.14 bits per heavy atom. The van der Waals surface area contributed by atoms with Crippen molar-refractivity contribution < 1.29 is 9.53 Å². The van der Waals surface area contributed by atoms with Gasteiger partial charge in [-0.25, -0.2) is 4.98 Å². The number of aromatic nitrogens is 2. The van der Waals surface area contributed by atoms with Gasteiger partial charge in [0.05, 0.1) is 24.2 Å². The van der Waals surface area contributed by atoms with Gasteiger partial charge in [-0.2, -0.15) is 0 Å². The SMILES string of the molecule is CCc1cncc(C2=CC[C@H]3[C@@H]4CC[C@H]5CC(=O)OCC[C@]5(C)[C@H]4CC[C@]23C)n1. The molecule has 5 rings (SSSR count). The van der Waals surface area contributed by atoms with Crippen LogP contribution in [0.3, 0.4) is 0 Å². The van der Waals surface area contributed by atoms with E-state index >= 15 is 0 Å². The molecule has 0 spiro atoms. The minimum absolute atomic E-state index is 0.0250. The number of esters is 1. The minimum atomic E-state index is 0.0250. The molecule has 3 aliphatic carbocycles. The van der Waals surface area contributed by atoms with Gasteiger partial charge in [0.15, 0.2) is 0 Å². The van der Waals surface area contributed by atoms with Crippen molar-refractivity contribution in [3.63, 3.8) is 0 Å². The van der Waals surface area contributed by atoms with E-state index in [-0.39, 0.29) is 16.8 Å². The van der Waals surface area contributed by atoms with Gasteiger partial charge in [-0.05, 0) is 85.0 Å². The highest BCUT2D eigenvalue weighted by molar-refractivity contribution is 5.71. The van der Waals surface area contributed by atoms with Crippen molar-refractivity contribution in [2.75, 3.05) is 6.61 Å². The summed E-state index contributed by atoms with van der Waals surface area (Å²) in [4.78, 5) is 21.5. The van der Waals surface area contributed by atoms with Crippen LogP contribution < -0.4 is 0 Å². The number of ether oxygens (including phenoxy) is 1. The van der Waals surface area contributed by atoms with Crippen LogP contribution in [0.1, 0.15) is 77.1 Å². The summed E-state index contributed by atoms with van der Waals surface area (Å²) in [5.74, 6) is 2.69. The number of aryl methyl sites for hydroxylation is 1. The lowest BCUT2D eigenvalue weighted by atomic mass is 9.46. The molecule has 0 bridgehead atoms. The number of carbonyl (C=O) groups is 1. The second-order valence-corrected chi connectivity index (χ2v) is 10.4. The zero-order chi connectivity index (χ0) is 20.2. The van der Waals surface area contributed by atoms with Gasteiger partial charge in [0.2, 0.25) is 0 Å². The topological polar surface area (TPSA) is 52.1 Å². The van der Waals surface area contributed by atoms with Gasteiger partial charge >= 0.3 is 5.97 Å². The number of allylic oxidation sites excluding steroid dienone is 2. The first kappa shape index (κ1) is 19.3. The summed E-state index contributed by atoms with van der Waals surface area (Å²) in [6.45, 7) is 7.71. The monoisotopic (exact) mass is 394 g/mol. The van der Waals surface area contributed by atoms with E-state index in [1.807, 2.05) is 12.4 Å². The van der Waals surface area contributed by atoms with Gasteiger partial charge in [-0.15, -0.1) is 0 Å². The Balaban J connectivity index is 1.44. The minimum Gasteiger partial charge on any atom is -0.466 e. The molecule has 0 aromatic carbocycles. The molecule has 3 fully saturated rings. The average molecular weight is 395 g/mol. The Morgan fingerprint density at radius 2 is 2.00 bits per heavy atom. The van der Waals surface area contributed by atoms with E-state index in [0.717, 1.165) is 36.1 Å². The summed E-state index contributed by atoms with van der Waals surface area (Å²) in [6.07, 6.45) is 15.0. The van der Waals surface area contributed by atoms with Crippen molar-refractivity contribution in [1.29, 1.82) is 0 Å². The fourth-order valence-electron chi connectivity index (χ4n) is 7.58. The number of hydrogen-bond donors (Lipinski definition) is 0. The molecule has 156 valence electrons. The van der Waals surface area contributed by atoms with Gasteiger partial charge < -0.3 is 4.74 Å². The standard InChI is InChI=1S/C25H34N2O2/c1-4-17-14-26-15-22(27-17)21-8-7-19-18-6-5-16-13-23(28)29-12-11-24(16,2)20(18)9-10-25(19,21)3/h8,14-16,18-20H,4-7,9-13H2,1-3H3/t16-,18-,19-,20-,24-,25-/m0/s1. The van der Waals surface area contributed by atoms with Crippen LogP contribution in [0.25, 0.3) is 5.57 Å². The largest absolute Gasteiger partial charge is 0.466 e. The maximum atomic E-state index is 12.1. The molecule has 0 unspecified atom stereocenters. The maximum Gasteiger partial charge on any atom is 0.306 e. The van der Waals surface area contributed by atoms with Crippen molar-refractivity contribution in [3.8, 4) is 0 Å². The third kappa shape index (κ3) is 2.89. The quantitative estimate of drug-likeness (QED) is 0.645. The molecule has 29 heavy (non-hydrogen) atoms. The van der Waals surface area contributed by atoms with Crippen molar-refractivity contribution in [1.82, 2.24) is 9.97 Å². The van der Waals surface area contributed by atoms with Gasteiger partial charge in [-0.1, -0.05) is 26.8 Å². The van der Waals surface area contributed by atoms with Gasteiger partial charge in [-0.3, -0.25) is 9.78 Å². The van der Waals surface area contributed by atoms with Crippen molar-refractivity contribution in [2.45, 2.75) is 72.1 Å². The Morgan fingerprint density at radius 3 is 2.83 bits per heavy atom. The summed E-state index contributed by atoms with van der Waals surface area (Å²) in [6, 6.07) is 0. The van der Waals surface area contributed by atoms with Crippen LogP contribution in [0, 0.1) is 34.5 Å². The molecule has 2 saturated carbocycles. The molecule has 2 heterocycles. The van der Waals surface area contributed by atoms with Crippen LogP contribution in [-0.2, 0) is 16.0 Å². The number of rotatable bonds is 2. The van der Waals surface area contributed by atoms with E-state index in [2.05, 4.69) is 31.8 Å². The molecule has 6 atom stereocenters. The smallest absolute Gasteiger partial charge is 0.306 e. The van der Waals surface area contributed by atoms with Crippen LogP contribution >= 0.6 is 0 Å². The molecule has 0 N–H and O–H groups in total. The molecule has 1 saturated heterocycles. The first-order chi connectivity index (χ1) is 14.0.